The van der Waals surface area contributed by atoms with Crippen LogP contribution >= 0.6 is 22.9 Å². The number of hydrazone groups is 1. The summed E-state index contributed by atoms with van der Waals surface area (Å²) in [5, 5.41) is 14.7. The van der Waals surface area contributed by atoms with Crippen molar-refractivity contribution in [2.24, 2.45) is 5.10 Å². The predicted molar refractivity (Wildman–Crippen MR) is 105 cm³/mol. The molecule has 3 aromatic rings. The molecular weight excluding hydrogens is 388 g/mol. The number of carbonyl (C=O) groups excluding carboxylic acids is 1. The minimum Gasteiger partial charge on any atom is -0.504 e. The summed E-state index contributed by atoms with van der Waals surface area (Å²) < 4.78 is 4.98. The molecule has 1 amide bonds. The van der Waals surface area contributed by atoms with E-state index in [0.717, 1.165) is 0 Å². The number of rotatable bonds is 5. The predicted octanol–water partition coefficient (Wildman–Crippen LogP) is 3.65. The number of nitrogens with one attached hydrogen (secondary N) is 1. The minimum atomic E-state index is -0.391. The quantitative estimate of drug-likeness (QED) is 0.501. The number of carbonyl (C=O) groups is 1. The van der Waals surface area contributed by atoms with E-state index in [1.807, 2.05) is 0 Å². The summed E-state index contributed by atoms with van der Waals surface area (Å²) in [6.07, 6.45) is 3.04. The number of amides is 1. The van der Waals surface area contributed by atoms with E-state index in [9.17, 15) is 9.90 Å². The number of benzene rings is 1. The first-order valence-corrected chi connectivity index (χ1v) is 8.97. The second-order valence-electron chi connectivity index (χ2n) is 5.40. The van der Waals surface area contributed by atoms with Gasteiger partial charge in [0.1, 0.15) is 15.6 Å². The van der Waals surface area contributed by atoms with E-state index >= 15 is 0 Å². The van der Waals surface area contributed by atoms with Crippen molar-refractivity contribution < 1.29 is 14.6 Å². The van der Waals surface area contributed by atoms with Crippen LogP contribution in [0.4, 0.5) is 0 Å². The van der Waals surface area contributed by atoms with E-state index < -0.39 is 5.91 Å². The van der Waals surface area contributed by atoms with Crippen molar-refractivity contribution in [3.8, 4) is 22.2 Å². The maximum Gasteiger partial charge on any atom is 0.283 e. The molecule has 0 saturated carbocycles. The van der Waals surface area contributed by atoms with Crippen LogP contribution in [0.15, 0.2) is 41.6 Å². The number of methoxy groups -OCH3 is 1. The third-order valence-electron chi connectivity index (χ3n) is 3.55. The molecule has 0 bridgehead atoms. The Kier molecular flexibility index (Phi) is 5.68. The third kappa shape index (κ3) is 4.24. The van der Waals surface area contributed by atoms with E-state index in [2.05, 4.69) is 20.5 Å². The van der Waals surface area contributed by atoms with Gasteiger partial charge in [-0.25, -0.2) is 10.4 Å². The van der Waals surface area contributed by atoms with E-state index in [1.165, 1.54) is 30.7 Å². The standard InChI is InChI=1S/C18H15ClN4O3S/c1-10-16(27-18(22-10)15-12(19)4-3-7-20-15)17(25)23-21-9-11-5-6-14(26-2)13(24)8-11/h3-9,24H,1-2H3,(H,23,25)/b21-9+. The molecule has 0 aliphatic heterocycles. The fourth-order valence-corrected chi connectivity index (χ4v) is 3.49. The summed E-state index contributed by atoms with van der Waals surface area (Å²) in [6.45, 7) is 1.73. The summed E-state index contributed by atoms with van der Waals surface area (Å²) in [7, 11) is 1.47. The minimum absolute atomic E-state index is 0.0111. The van der Waals surface area contributed by atoms with E-state index in [4.69, 9.17) is 16.3 Å². The summed E-state index contributed by atoms with van der Waals surface area (Å²) in [6, 6.07) is 8.23. The van der Waals surface area contributed by atoms with E-state index in [-0.39, 0.29) is 5.75 Å². The van der Waals surface area contributed by atoms with Crippen LogP contribution in [0, 0.1) is 6.92 Å². The normalized spacial score (nSPS) is 10.9. The molecule has 2 N–H and O–H groups in total. The number of phenolic OH excluding ortho intramolecular Hbond substituents is 1. The van der Waals surface area contributed by atoms with Gasteiger partial charge in [-0.3, -0.25) is 9.78 Å². The monoisotopic (exact) mass is 402 g/mol. The van der Waals surface area contributed by atoms with Gasteiger partial charge in [-0.05, 0) is 42.8 Å². The number of pyridine rings is 1. The molecular formula is C18H15ClN4O3S. The topological polar surface area (TPSA) is 96.7 Å². The van der Waals surface area contributed by atoms with Crippen molar-refractivity contribution in [2.45, 2.75) is 6.92 Å². The number of thiazole rings is 1. The first-order valence-electron chi connectivity index (χ1n) is 7.78. The first-order chi connectivity index (χ1) is 13.0. The Morgan fingerprint density at radius 1 is 1.41 bits per heavy atom. The molecule has 138 valence electrons. The molecule has 2 aromatic heterocycles. The van der Waals surface area contributed by atoms with Crippen molar-refractivity contribution in [3.05, 3.63) is 57.7 Å². The van der Waals surface area contributed by atoms with Crippen LogP contribution < -0.4 is 10.2 Å². The maximum atomic E-state index is 12.4. The molecule has 1 aromatic carbocycles. The van der Waals surface area contributed by atoms with Gasteiger partial charge >= 0.3 is 0 Å². The van der Waals surface area contributed by atoms with Gasteiger partial charge in [-0.1, -0.05) is 11.6 Å². The molecule has 9 heteroatoms. The van der Waals surface area contributed by atoms with Crippen LogP contribution in [-0.2, 0) is 0 Å². The number of nitrogens with zero attached hydrogens (tertiary/aromatic N) is 3. The van der Waals surface area contributed by atoms with Gasteiger partial charge in [0, 0.05) is 6.20 Å². The van der Waals surface area contributed by atoms with Gasteiger partial charge in [0.25, 0.3) is 5.91 Å². The summed E-state index contributed by atoms with van der Waals surface area (Å²) in [5.74, 6) is -0.0440. The molecule has 0 radical (unpaired) electrons. The second kappa shape index (κ2) is 8.15. The van der Waals surface area contributed by atoms with Gasteiger partial charge in [-0.15, -0.1) is 11.3 Å². The van der Waals surface area contributed by atoms with Gasteiger partial charge in [0.2, 0.25) is 0 Å². The van der Waals surface area contributed by atoms with Crippen molar-refractivity contribution in [1.82, 2.24) is 15.4 Å². The molecule has 0 atom stereocenters. The number of aromatic nitrogens is 2. The Hall–Kier alpha value is -2.97. The van der Waals surface area contributed by atoms with Gasteiger partial charge in [-0.2, -0.15) is 5.10 Å². The molecule has 7 nitrogen and oxygen atoms in total. The largest absolute Gasteiger partial charge is 0.504 e. The first kappa shape index (κ1) is 18.8. The molecule has 0 aliphatic rings. The van der Waals surface area contributed by atoms with Crippen molar-refractivity contribution >= 4 is 35.1 Å². The number of hydrogen-bond donors (Lipinski definition) is 2. The van der Waals surface area contributed by atoms with Crippen LogP contribution in [-0.4, -0.2) is 34.3 Å². The highest BCUT2D eigenvalue weighted by molar-refractivity contribution is 7.17. The third-order valence-corrected chi connectivity index (χ3v) is 5.01. The Bertz CT molecular complexity index is 1020. The highest BCUT2D eigenvalue weighted by Crippen LogP contribution is 2.31. The maximum absolute atomic E-state index is 12.4. The van der Waals surface area contributed by atoms with Crippen molar-refractivity contribution in [2.75, 3.05) is 7.11 Å². The van der Waals surface area contributed by atoms with Crippen LogP contribution in [0.5, 0.6) is 11.5 Å². The molecule has 0 saturated heterocycles. The van der Waals surface area contributed by atoms with Gasteiger partial charge < -0.3 is 9.84 Å². The number of phenols is 1. The fourth-order valence-electron chi connectivity index (χ4n) is 2.25. The molecule has 2 heterocycles. The van der Waals surface area contributed by atoms with Crippen LogP contribution in [0.3, 0.4) is 0 Å². The average Bonchev–Trinajstić information content (AvgIpc) is 3.04. The lowest BCUT2D eigenvalue weighted by atomic mass is 10.2. The SMILES string of the molecule is COc1ccc(/C=N/NC(=O)c2sc(-c3ncccc3Cl)nc2C)cc1O. The van der Waals surface area contributed by atoms with Crippen molar-refractivity contribution in [3.63, 3.8) is 0 Å². The number of aryl methyl sites for hydroxylation is 1. The Balaban J connectivity index is 1.73. The Morgan fingerprint density at radius 2 is 2.22 bits per heavy atom. The van der Waals surface area contributed by atoms with E-state index in [0.29, 0.717) is 37.6 Å². The lowest BCUT2D eigenvalue weighted by Crippen LogP contribution is -2.17. The van der Waals surface area contributed by atoms with Crippen LogP contribution in [0.2, 0.25) is 5.02 Å². The zero-order valence-corrected chi connectivity index (χ0v) is 16.0. The number of halogens is 1. The summed E-state index contributed by atoms with van der Waals surface area (Å²) in [5.41, 5.74) is 4.15. The van der Waals surface area contributed by atoms with Crippen molar-refractivity contribution in [1.29, 1.82) is 0 Å². The number of aromatic hydroxyl groups is 1. The lowest BCUT2D eigenvalue weighted by molar-refractivity contribution is 0.0958. The number of ether oxygens (including phenoxy) is 1. The van der Waals surface area contributed by atoms with Gasteiger partial charge in [0.15, 0.2) is 11.5 Å². The lowest BCUT2D eigenvalue weighted by Gasteiger charge is -2.03. The summed E-state index contributed by atoms with van der Waals surface area (Å²) in [4.78, 5) is 21.4. The van der Waals surface area contributed by atoms with Crippen LogP contribution in [0.1, 0.15) is 20.9 Å². The highest BCUT2D eigenvalue weighted by atomic mass is 35.5. The molecule has 27 heavy (non-hydrogen) atoms. The zero-order chi connectivity index (χ0) is 19.4. The average molecular weight is 403 g/mol. The number of hydrogen-bond acceptors (Lipinski definition) is 7. The second-order valence-corrected chi connectivity index (χ2v) is 6.80. The molecule has 0 fully saturated rings. The van der Waals surface area contributed by atoms with Crippen LogP contribution in [0.25, 0.3) is 10.7 Å². The summed E-state index contributed by atoms with van der Waals surface area (Å²) >= 11 is 7.32. The smallest absolute Gasteiger partial charge is 0.283 e. The zero-order valence-electron chi connectivity index (χ0n) is 14.4. The fraction of sp³-hybridized carbons (Fsp3) is 0.111. The Morgan fingerprint density at radius 3 is 2.93 bits per heavy atom. The Labute approximate surface area is 164 Å². The van der Waals surface area contributed by atoms with E-state index in [1.54, 1.807) is 37.4 Å². The highest BCUT2D eigenvalue weighted by Gasteiger charge is 2.18. The molecule has 0 unspecified atom stereocenters. The van der Waals surface area contributed by atoms with Gasteiger partial charge in [0.05, 0.1) is 24.0 Å². The molecule has 3 rings (SSSR count). The molecule has 0 aliphatic carbocycles. The molecule has 0 spiro atoms.